The van der Waals surface area contributed by atoms with Gasteiger partial charge in [0.25, 0.3) is 0 Å². The van der Waals surface area contributed by atoms with Crippen molar-refractivity contribution in [3.05, 3.63) is 0 Å². The van der Waals surface area contributed by atoms with Gasteiger partial charge >= 0.3 is 9.08 Å². The number of amides is 1. The maximum atomic E-state index is 11.4. The molecule has 0 saturated heterocycles. The Hall–Kier alpha value is -0.523. The minimum atomic E-state index is -5.65. The molecule has 0 unspecified atom stereocenters. The van der Waals surface area contributed by atoms with Crippen molar-refractivity contribution in [2.45, 2.75) is 6.04 Å². The Balaban J connectivity index is 3.60. The summed E-state index contributed by atoms with van der Waals surface area (Å²) in [6.07, 6.45) is 0. The predicted octanol–water partition coefficient (Wildman–Crippen LogP) is 0.580. The van der Waals surface area contributed by atoms with Gasteiger partial charge in [0, 0.05) is 7.05 Å². The van der Waals surface area contributed by atoms with Gasteiger partial charge in [-0.2, -0.15) is 0 Å². The van der Waals surface area contributed by atoms with Gasteiger partial charge in [-0.25, -0.2) is 12.3 Å². The fourth-order valence-electron chi connectivity index (χ4n) is 0.270. The van der Waals surface area contributed by atoms with Crippen LogP contribution in [0.2, 0.25) is 6.04 Å². The molecule has 2 nitrogen and oxygen atoms in total. The second-order valence-electron chi connectivity index (χ2n) is 1.47. The van der Waals surface area contributed by atoms with Crippen molar-refractivity contribution in [2.24, 2.45) is 0 Å². The number of hydrogen-bond acceptors (Lipinski definition) is 1. The first-order chi connectivity index (χ1) is 3.95. The fourth-order valence-corrected chi connectivity index (χ4v) is 0.811. The van der Waals surface area contributed by atoms with Crippen LogP contribution in [-0.2, 0) is 4.79 Å². The molecule has 1 N–H and O–H groups in total. The lowest BCUT2D eigenvalue weighted by atomic mass is 10.7. The monoisotopic (exact) mass is 157 g/mol. The summed E-state index contributed by atoms with van der Waals surface area (Å²) in [5.41, 5.74) is 0. The molecule has 0 spiro atoms. The number of halogens is 3. The molecule has 54 valence electrons. The van der Waals surface area contributed by atoms with Crippen LogP contribution in [0, 0.1) is 0 Å². The van der Waals surface area contributed by atoms with Crippen LogP contribution in [0.4, 0.5) is 12.3 Å². The van der Waals surface area contributed by atoms with Gasteiger partial charge < -0.3 is 5.32 Å². The van der Waals surface area contributed by atoms with Gasteiger partial charge in [-0.15, -0.1) is 0 Å². The van der Waals surface area contributed by atoms with E-state index >= 15 is 0 Å². The normalized spacial score (nSPS) is 11.1. The number of rotatable bonds is 2. The maximum Gasteiger partial charge on any atom is 0.625 e. The van der Waals surface area contributed by atoms with Crippen LogP contribution in [0.1, 0.15) is 0 Å². The highest BCUT2D eigenvalue weighted by molar-refractivity contribution is 6.62. The zero-order valence-corrected chi connectivity index (χ0v) is 5.75. The van der Waals surface area contributed by atoms with Crippen LogP contribution < -0.4 is 5.32 Å². The van der Waals surface area contributed by atoms with Crippen LogP contribution >= 0.6 is 0 Å². The standard InChI is InChI=1S/C3H6F3NOSi/c1-7-3(8)2-9(4,5)6/h2H2,1H3,(H,7,8). The molecule has 0 heterocycles. The summed E-state index contributed by atoms with van der Waals surface area (Å²) in [7, 11) is -4.47. The molecule has 6 heteroatoms. The van der Waals surface area contributed by atoms with Crippen molar-refractivity contribution in [1.29, 1.82) is 0 Å². The van der Waals surface area contributed by atoms with Crippen molar-refractivity contribution in [2.75, 3.05) is 7.05 Å². The summed E-state index contributed by atoms with van der Waals surface area (Å²) in [5.74, 6) is -0.950. The summed E-state index contributed by atoms with van der Waals surface area (Å²) in [4.78, 5) is 10.0. The van der Waals surface area contributed by atoms with E-state index < -0.39 is 21.0 Å². The molecular formula is C3H6F3NOSi. The largest absolute Gasteiger partial charge is 0.625 e. The highest BCUT2D eigenvalue weighted by Crippen LogP contribution is 2.13. The van der Waals surface area contributed by atoms with Crippen LogP contribution in [0.25, 0.3) is 0 Å². The Morgan fingerprint density at radius 3 is 2.11 bits per heavy atom. The zero-order valence-electron chi connectivity index (χ0n) is 4.75. The van der Waals surface area contributed by atoms with Crippen molar-refractivity contribution in [1.82, 2.24) is 5.32 Å². The second-order valence-corrected chi connectivity index (χ2v) is 3.05. The molecule has 0 rings (SSSR count). The van der Waals surface area contributed by atoms with E-state index in [1.54, 1.807) is 0 Å². The van der Waals surface area contributed by atoms with Gasteiger partial charge in [-0.05, 0) is 0 Å². The van der Waals surface area contributed by atoms with Gasteiger partial charge in [0.1, 0.15) is 6.04 Å². The third-order valence-corrected chi connectivity index (χ3v) is 1.36. The van der Waals surface area contributed by atoms with Gasteiger partial charge in [-0.3, -0.25) is 4.79 Å². The van der Waals surface area contributed by atoms with E-state index in [9.17, 15) is 17.1 Å². The second kappa shape index (κ2) is 2.86. The minimum absolute atomic E-state index is 0.950. The van der Waals surface area contributed by atoms with E-state index in [1.165, 1.54) is 7.05 Å². The maximum absolute atomic E-state index is 11.4. The van der Waals surface area contributed by atoms with E-state index in [0.29, 0.717) is 0 Å². The quantitative estimate of drug-likeness (QED) is 0.461. The number of carbonyl (C=O) groups is 1. The summed E-state index contributed by atoms with van der Waals surface area (Å²) in [6.45, 7) is 0. The number of nitrogens with one attached hydrogen (secondary N) is 1. The molecule has 0 radical (unpaired) electrons. The first-order valence-electron chi connectivity index (χ1n) is 2.23. The summed E-state index contributed by atoms with van der Waals surface area (Å²) >= 11 is 0. The molecule has 0 aliphatic carbocycles. The van der Waals surface area contributed by atoms with E-state index in [-0.39, 0.29) is 0 Å². The molecule has 1 amide bonds. The van der Waals surface area contributed by atoms with E-state index in [1.807, 2.05) is 5.32 Å². The summed E-state index contributed by atoms with van der Waals surface area (Å²) < 4.78 is 34.1. The summed E-state index contributed by atoms with van der Waals surface area (Å²) in [5, 5.41) is 1.90. The third kappa shape index (κ3) is 5.35. The first kappa shape index (κ1) is 8.48. The van der Waals surface area contributed by atoms with Crippen LogP contribution in [-0.4, -0.2) is 22.0 Å². The Bertz CT molecular complexity index is 112. The lowest BCUT2D eigenvalue weighted by molar-refractivity contribution is -0.118. The van der Waals surface area contributed by atoms with Gasteiger partial charge in [0.2, 0.25) is 5.91 Å². The molecule has 0 aliphatic heterocycles. The molecule has 0 atom stereocenters. The lowest BCUT2D eigenvalue weighted by Gasteiger charge is -1.98. The molecule has 0 aromatic carbocycles. The highest BCUT2D eigenvalue weighted by Gasteiger charge is 2.39. The van der Waals surface area contributed by atoms with Crippen molar-refractivity contribution < 1.29 is 17.1 Å². The molecule has 0 aliphatic rings. The fraction of sp³-hybridized carbons (Fsp3) is 0.667. The first-order valence-corrected chi connectivity index (χ1v) is 4.07. The van der Waals surface area contributed by atoms with Gasteiger partial charge in [0.05, 0.1) is 0 Å². The molecule has 0 fully saturated rings. The third-order valence-electron chi connectivity index (χ3n) is 0.640. The van der Waals surface area contributed by atoms with Crippen LogP contribution in [0.3, 0.4) is 0 Å². The van der Waals surface area contributed by atoms with E-state index in [4.69, 9.17) is 0 Å². The van der Waals surface area contributed by atoms with Crippen molar-refractivity contribution in [3.63, 3.8) is 0 Å². The Morgan fingerprint density at radius 1 is 1.56 bits per heavy atom. The highest BCUT2D eigenvalue weighted by atomic mass is 28.5. The van der Waals surface area contributed by atoms with Crippen LogP contribution in [0.15, 0.2) is 0 Å². The summed E-state index contributed by atoms with van der Waals surface area (Å²) in [6, 6.07) is -1.26. The average Bonchev–Trinajstić information content (AvgIpc) is 1.62. The van der Waals surface area contributed by atoms with Crippen LogP contribution in [0.5, 0.6) is 0 Å². The van der Waals surface area contributed by atoms with Gasteiger partial charge in [0.15, 0.2) is 0 Å². The molecule has 0 saturated carbocycles. The van der Waals surface area contributed by atoms with E-state index in [0.717, 1.165) is 0 Å². The predicted molar refractivity (Wildman–Crippen MR) is 28.0 cm³/mol. The number of carbonyl (C=O) groups excluding carboxylic acids is 1. The molecular weight excluding hydrogens is 151 g/mol. The van der Waals surface area contributed by atoms with Crippen molar-refractivity contribution in [3.8, 4) is 0 Å². The van der Waals surface area contributed by atoms with E-state index in [2.05, 4.69) is 0 Å². The minimum Gasteiger partial charge on any atom is -0.359 e. The molecule has 0 bridgehead atoms. The average molecular weight is 157 g/mol. The molecule has 0 aromatic heterocycles. The van der Waals surface area contributed by atoms with Gasteiger partial charge in [-0.1, -0.05) is 0 Å². The lowest BCUT2D eigenvalue weighted by Crippen LogP contribution is -2.27. The Kier molecular flexibility index (Phi) is 2.69. The smallest absolute Gasteiger partial charge is 0.359 e. The molecule has 9 heavy (non-hydrogen) atoms. The number of hydrogen-bond donors (Lipinski definition) is 1. The Labute approximate surface area is 51.6 Å². The molecule has 0 aromatic rings. The topological polar surface area (TPSA) is 29.1 Å². The Morgan fingerprint density at radius 2 is 2.00 bits per heavy atom. The van der Waals surface area contributed by atoms with Crippen molar-refractivity contribution >= 4 is 15.0 Å². The zero-order chi connectivity index (χ0) is 7.49. The SMILES string of the molecule is CNC(=O)C[Si](F)(F)F.